The van der Waals surface area contributed by atoms with Gasteiger partial charge in [0.2, 0.25) is 5.91 Å². The Kier molecular flexibility index (Phi) is 6.87. The van der Waals surface area contributed by atoms with Gasteiger partial charge in [-0.3, -0.25) is 14.4 Å². The number of amides is 2. The minimum atomic E-state index is -0.618. The Bertz CT molecular complexity index is 921. The Morgan fingerprint density at radius 3 is 2.76 bits per heavy atom. The normalized spacial score (nSPS) is 15.2. The van der Waals surface area contributed by atoms with Crippen molar-refractivity contribution in [1.82, 2.24) is 4.90 Å². The number of nitrogens with one attached hydrogen (secondary N) is 1. The van der Waals surface area contributed by atoms with Crippen molar-refractivity contribution in [3.8, 4) is 0 Å². The first-order valence-electron chi connectivity index (χ1n) is 9.20. The van der Waals surface area contributed by atoms with Gasteiger partial charge in [0.25, 0.3) is 5.91 Å². The van der Waals surface area contributed by atoms with Gasteiger partial charge < -0.3 is 15.0 Å². The molecule has 0 unspecified atom stereocenters. The summed E-state index contributed by atoms with van der Waals surface area (Å²) in [5.74, 6) is -1.64. The number of benzene rings is 2. The van der Waals surface area contributed by atoms with Crippen LogP contribution in [0, 0.1) is 5.82 Å². The van der Waals surface area contributed by atoms with Crippen LogP contribution in [0.15, 0.2) is 53.4 Å². The average molecular weight is 416 g/mol. The Hall–Kier alpha value is -2.87. The number of ether oxygens (including phenoxy) is 1. The van der Waals surface area contributed by atoms with Gasteiger partial charge in [-0.1, -0.05) is 24.3 Å². The van der Waals surface area contributed by atoms with E-state index in [-0.39, 0.29) is 30.6 Å². The summed E-state index contributed by atoms with van der Waals surface area (Å²) in [6.07, 6.45) is -0.131. The highest BCUT2D eigenvalue weighted by molar-refractivity contribution is 8.01. The Morgan fingerprint density at radius 1 is 1.21 bits per heavy atom. The molecule has 1 atom stereocenters. The third kappa shape index (κ3) is 5.57. The molecule has 0 saturated carbocycles. The van der Waals surface area contributed by atoms with Gasteiger partial charge in [-0.05, 0) is 36.8 Å². The summed E-state index contributed by atoms with van der Waals surface area (Å²) in [7, 11) is 0. The van der Waals surface area contributed by atoms with E-state index < -0.39 is 17.8 Å². The third-order valence-corrected chi connectivity index (χ3v) is 5.69. The van der Waals surface area contributed by atoms with Crippen LogP contribution in [0.5, 0.6) is 0 Å². The maximum absolute atomic E-state index is 13.3. The van der Waals surface area contributed by atoms with Crippen molar-refractivity contribution >= 4 is 35.2 Å². The van der Waals surface area contributed by atoms with E-state index in [4.69, 9.17) is 4.74 Å². The molecule has 1 heterocycles. The molecule has 2 aromatic carbocycles. The summed E-state index contributed by atoms with van der Waals surface area (Å²) in [6.45, 7) is 1.99. The maximum atomic E-state index is 13.3. The second kappa shape index (κ2) is 9.56. The fourth-order valence-corrected chi connectivity index (χ4v) is 4.00. The number of halogens is 1. The zero-order valence-corrected chi connectivity index (χ0v) is 16.7. The van der Waals surface area contributed by atoms with Crippen LogP contribution in [0.25, 0.3) is 0 Å². The van der Waals surface area contributed by atoms with Crippen molar-refractivity contribution in [3.05, 3.63) is 59.9 Å². The van der Waals surface area contributed by atoms with E-state index in [0.717, 1.165) is 10.6 Å². The van der Waals surface area contributed by atoms with Gasteiger partial charge in [-0.2, -0.15) is 0 Å². The lowest BCUT2D eigenvalue weighted by Gasteiger charge is -2.24. The number of hydrogen-bond acceptors (Lipinski definition) is 5. The van der Waals surface area contributed by atoms with Crippen LogP contribution in [-0.2, 0) is 25.7 Å². The summed E-state index contributed by atoms with van der Waals surface area (Å²) < 4.78 is 18.4. The van der Waals surface area contributed by atoms with Gasteiger partial charge in [0.05, 0.1) is 17.4 Å². The summed E-state index contributed by atoms with van der Waals surface area (Å²) in [4.78, 5) is 39.0. The van der Waals surface area contributed by atoms with Gasteiger partial charge >= 0.3 is 5.97 Å². The molecular weight excluding hydrogens is 395 g/mol. The smallest absolute Gasteiger partial charge is 0.307 e. The molecule has 152 valence electrons. The first-order chi connectivity index (χ1) is 14.0. The van der Waals surface area contributed by atoms with Crippen LogP contribution in [0.3, 0.4) is 0 Å². The van der Waals surface area contributed by atoms with Crippen molar-refractivity contribution in [2.24, 2.45) is 0 Å². The van der Waals surface area contributed by atoms with E-state index >= 15 is 0 Å². The van der Waals surface area contributed by atoms with Crippen molar-refractivity contribution in [2.45, 2.75) is 30.0 Å². The van der Waals surface area contributed by atoms with E-state index in [1.54, 1.807) is 25.1 Å². The molecule has 0 bridgehead atoms. The fourth-order valence-electron chi connectivity index (χ4n) is 2.90. The minimum absolute atomic E-state index is 0.131. The number of anilines is 1. The number of hydrogen-bond donors (Lipinski definition) is 1. The first kappa shape index (κ1) is 20.9. The molecular formula is C21H21FN2O4S. The van der Waals surface area contributed by atoms with E-state index in [1.165, 1.54) is 28.8 Å². The molecule has 3 rings (SSSR count). The van der Waals surface area contributed by atoms with Crippen molar-refractivity contribution in [1.29, 1.82) is 0 Å². The lowest BCUT2D eigenvalue weighted by Crippen LogP contribution is -2.35. The predicted molar refractivity (Wildman–Crippen MR) is 108 cm³/mol. The largest absolute Gasteiger partial charge is 0.456 e. The quantitative estimate of drug-likeness (QED) is 0.702. The number of carbonyl (C=O) groups excluding carboxylic acids is 3. The number of carbonyl (C=O) groups is 3. The molecule has 1 aliphatic heterocycles. The monoisotopic (exact) mass is 416 g/mol. The highest BCUT2D eigenvalue weighted by Gasteiger charge is 2.29. The van der Waals surface area contributed by atoms with Gasteiger partial charge in [0, 0.05) is 18.0 Å². The van der Waals surface area contributed by atoms with Crippen LogP contribution < -0.4 is 5.32 Å². The van der Waals surface area contributed by atoms with Crippen molar-refractivity contribution < 1.29 is 23.5 Å². The minimum Gasteiger partial charge on any atom is -0.456 e. The molecule has 29 heavy (non-hydrogen) atoms. The second-order valence-corrected chi connectivity index (χ2v) is 7.74. The maximum Gasteiger partial charge on any atom is 0.307 e. The Balaban J connectivity index is 1.50. The average Bonchev–Trinajstić information content (AvgIpc) is 2.71. The number of para-hydroxylation sites is 1. The molecule has 0 aliphatic carbocycles. The third-order valence-electron chi connectivity index (χ3n) is 4.41. The van der Waals surface area contributed by atoms with Crippen LogP contribution in [0.4, 0.5) is 10.1 Å². The van der Waals surface area contributed by atoms with E-state index in [1.807, 2.05) is 18.2 Å². The summed E-state index contributed by atoms with van der Waals surface area (Å²) in [5, 5.41) is 2.16. The number of likely N-dealkylation sites (N-methyl/N-ethyl adjacent to an activating group) is 1. The van der Waals surface area contributed by atoms with E-state index in [2.05, 4.69) is 5.32 Å². The Morgan fingerprint density at radius 2 is 2.00 bits per heavy atom. The molecule has 2 amide bonds. The molecule has 2 aromatic rings. The van der Waals surface area contributed by atoms with Gasteiger partial charge in [-0.15, -0.1) is 11.8 Å². The number of esters is 1. The molecule has 6 nitrogen and oxygen atoms in total. The summed E-state index contributed by atoms with van der Waals surface area (Å²) in [5.41, 5.74) is 1.37. The first-order valence-corrected chi connectivity index (χ1v) is 10.1. The number of thioether (sulfide) groups is 1. The predicted octanol–water partition coefficient (Wildman–Crippen LogP) is 3.22. The zero-order valence-electron chi connectivity index (χ0n) is 15.9. The Labute approximate surface area is 172 Å². The van der Waals surface area contributed by atoms with Gasteiger partial charge in [-0.25, -0.2) is 4.39 Å². The van der Waals surface area contributed by atoms with Gasteiger partial charge in [0.1, 0.15) is 5.82 Å². The van der Waals surface area contributed by atoms with Crippen LogP contribution >= 0.6 is 11.8 Å². The van der Waals surface area contributed by atoms with Crippen LogP contribution in [-0.4, -0.2) is 41.1 Å². The number of nitrogens with zero attached hydrogens (tertiary/aromatic N) is 1. The molecule has 1 aliphatic rings. The topological polar surface area (TPSA) is 75.7 Å². The molecule has 0 aromatic heterocycles. The SMILES string of the molecule is CCN(Cc1cccc(F)c1)C(=O)COC(=O)C[C@@H]1Sc2ccccc2NC1=O. The molecule has 0 radical (unpaired) electrons. The van der Waals surface area contributed by atoms with Crippen molar-refractivity contribution in [2.75, 3.05) is 18.5 Å². The van der Waals surface area contributed by atoms with Crippen LogP contribution in [0.2, 0.25) is 0 Å². The van der Waals surface area contributed by atoms with Crippen molar-refractivity contribution in [3.63, 3.8) is 0 Å². The fraction of sp³-hybridized carbons (Fsp3) is 0.286. The molecule has 1 N–H and O–H groups in total. The molecule has 0 fully saturated rings. The lowest BCUT2D eigenvalue weighted by atomic mass is 10.2. The van der Waals surface area contributed by atoms with E-state index in [9.17, 15) is 18.8 Å². The lowest BCUT2D eigenvalue weighted by molar-refractivity contribution is -0.152. The summed E-state index contributed by atoms with van der Waals surface area (Å²) >= 11 is 1.30. The molecule has 8 heteroatoms. The standard InChI is InChI=1S/C21H21FN2O4S/c1-2-24(12-14-6-5-7-15(22)10-14)19(25)13-28-20(26)11-18-21(27)23-16-8-3-4-9-17(16)29-18/h3-10,18H,2,11-13H2,1H3,(H,23,27)/t18-/m0/s1. The molecule has 0 saturated heterocycles. The van der Waals surface area contributed by atoms with Crippen LogP contribution in [0.1, 0.15) is 18.9 Å². The number of fused-ring (bicyclic) bond motifs is 1. The highest BCUT2D eigenvalue weighted by atomic mass is 32.2. The van der Waals surface area contributed by atoms with Gasteiger partial charge in [0.15, 0.2) is 6.61 Å². The zero-order chi connectivity index (χ0) is 20.8. The van der Waals surface area contributed by atoms with E-state index in [0.29, 0.717) is 12.1 Å². The number of rotatable bonds is 7. The summed E-state index contributed by atoms with van der Waals surface area (Å²) in [6, 6.07) is 13.3. The molecule has 0 spiro atoms. The highest BCUT2D eigenvalue weighted by Crippen LogP contribution is 2.36. The second-order valence-electron chi connectivity index (χ2n) is 6.49.